The highest BCUT2D eigenvalue weighted by atomic mass is 16.3. The molecule has 0 atom stereocenters. The topological polar surface area (TPSA) is 43.9 Å². The highest BCUT2D eigenvalue weighted by Crippen LogP contribution is 2.46. The van der Waals surface area contributed by atoms with Crippen molar-refractivity contribution in [2.45, 2.75) is 0 Å². The molecule has 12 aromatic rings. The zero-order valence-electron chi connectivity index (χ0n) is 32.5. The van der Waals surface area contributed by atoms with Gasteiger partial charge in [0.25, 0.3) is 0 Å². The van der Waals surface area contributed by atoms with Gasteiger partial charge in [0, 0.05) is 38.7 Å². The fraction of sp³-hybridized carbons (Fsp3) is 0. The summed E-state index contributed by atoms with van der Waals surface area (Å²) >= 11 is 0. The summed E-state index contributed by atoms with van der Waals surface area (Å²) in [5.41, 5.74) is 13.3. The lowest BCUT2D eigenvalue weighted by molar-refractivity contribution is 0.646. The van der Waals surface area contributed by atoms with Crippen molar-refractivity contribution in [3.05, 3.63) is 212 Å². The van der Waals surface area contributed by atoms with Crippen LogP contribution in [0.3, 0.4) is 0 Å². The van der Waals surface area contributed by atoms with E-state index in [0.717, 1.165) is 83.6 Å². The molecule has 3 heterocycles. The minimum atomic E-state index is 0.709. The summed E-state index contributed by atoms with van der Waals surface area (Å²) < 4.78 is 9.40. The standard InChI is InChI=1S/C56H35N3O/c1-3-14-39(15-4-1)49-35-50(58-55(57-49)41-16-5-2-6-17-41)40-26-23-37(24-27-40)38-29-31-45(32-30-38)59-51-22-12-11-21-47(51)53-52-46-20-10-9-19-43(46)34-48(54(52)60-56(53)59)44-28-25-36-13-7-8-18-42(36)33-44/h1-35H. The molecule has 0 aliphatic carbocycles. The number of nitrogens with zero attached hydrogens (tertiary/aromatic N) is 3. The Morgan fingerprint density at radius 3 is 1.65 bits per heavy atom. The van der Waals surface area contributed by atoms with Crippen LogP contribution in [-0.4, -0.2) is 14.5 Å². The molecule has 0 N–H and O–H groups in total. The number of hydrogen-bond donors (Lipinski definition) is 0. The van der Waals surface area contributed by atoms with Crippen molar-refractivity contribution in [3.63, 3.8) is 0 Å². The van der Waals surface area contributed by atoms with Crippen LogP contribution in [0.4, 0.5) is 0 Å². The van der Waals surface area contributed by atoms with Crippen molar-refractivity contribution in [1.82, 2.24) is 14.5 Å². The summed E-state index contributed by atoms with van der Waals surface area (Å²) in [6, 6.07) is 74.9. The molecule has 0 spiro atoms. The Kier molecular flexibility index (Phi) is 7.82. The minimum absolute atomic E-state index is 0.709. The van der Waals surface area contributed by atoms with Crippen molar-refractivity contribution in [2.24, 2.45) is 0 Å². The van der Waals surface area contributed by atoms with Crippen LogP contribution in [-0.2, 0) is 0 Å². The quantitative estimate of drug-likeness (QED) is 0.169. The van der Waals surface area contributed by atoms with E-state index in [1.54, 1.807) is 0 Å². The molecular formula is C56H35N3O. The number of benzene rings is 9. The van der Waals surface area contributed by atoms with Gasteiger partial charge in [0.1, 0.15) is 5.58 Å². The van der Waals surface area contributed by atoms with Gasteiger partial charge in [-0.15, -0.1) is 0 Å². The third-order valence-electron chi connectivity index (χ3n) is 11.8. The molecule has 3 aromatic heterocycles. The van der Waals surface area contributed by atoms with Gasteiger partial charge in [-0.05, 0) is 74.6 Å². The normalized spacial score (nSPS) is 11.7. The van der Waals surface area contributed by atoms with E-state index in [-0.39, 0.29) is 0 Å². The molecule has 280 valence electrons. The van der Waals surface area contributed by atoms with Gasteiger partial charge >= 0.3 is 0 Å². The summed E-state index contributed by atoms with van der Waals surface area (Å²) in [5, 5.41) is 8.26. The lowest BCUT2D eigenvalue weighted by Gasteiger charge is -2.11. The van der Waals surface area contributed by atoms with Crippen LogP contribution < -0.4 is 0 Å². The predicted molar refractivity (Wildman–Crippen MR) is 248 cm³/mol. The molecule has 4 heteroatoms. The van der Waals surface area contributed by atoms with Gasteiger partial charge in [-0.3, -0.25) is 4.57 Å². The molecule has 0 bridgehead atoms. The van der Waals surface area contributed by atoms with E-state index < -0.39 is 0 Å². The Balaban J connectivity index is 0.955. The van der Waals surface area contributed by atoms with E-state index >= 15 is 0 Å². The van der Waals surface area contributed by atoms with Gasteiger partial charge in [0.05, 0.1) is 22.3 Å². The zero-order chi connectivity index (χ0) is 39.6. The van der Waals surface area contributed by atoms with E-state index in [9.17, 15) is 0 Å². The SMILES string of the molecule is c1ccc(-c2cc(-c3ccc(-c4ccc(-n5c6ccccc6c6c7c(oc65)c(-c5ccc6ccccc6c5)cc5ccccc57)cc4)cc3)nc(-c3ccccc3)n2)cc1. The lowest BCUT2D eigenvalue weighted by Crippen LogP contribution is -1.96. The summed E-state index contributed by atoms with van der Waals surface area (Å²) in [5.74, 6) is 0.709. The number of aromatic nitrogens is 3. The Morgan fingerprint density at radius 1 is 0.367 bits per heavy atom. The average Bonchev–Trinajstić information content (AvgIpc) is 3.87. The van der Waals surface area contributed by atoms with Gasteiger partial charge in [-0.1, -0.05) is 176 Å². The number of rotatable bonds is 6. The molecule has 12 rings (SSSR count). The Labute approximate surface area is 346 Å². The summed E-state index contributed by atoms with van der Waals surface area (Å²) in [4.78, 5) is 10.0. The van der Waals surface area contributed by atoms with Crippen molar-refractivity contribution in [1.29, 1.82) is 0 Å². The van der Waals surface area contributed by atoms with Crippen LogP contribution in [0.25, 0.3) is 116 Å². The molecule has 60 heavy (non-hydrogen) atoms. The predicted octanol–water partition coefficient (Wildman–Crippen LogP) is 15.0. The molecule has 0 amide bonds. The third-order valence-corrected chi connectivity index (χ3v) is 11.8. The molecule has 0 unspecified atom stereocenters. The van der Waals surface area contributed by atoms with E-state index in [2.05, 4.69) is 180 Å². The van der Waals surface area contributed by atoms with Crippen LogP contribution >= 0.6 is 0 Å². The maximum absolute atomic E-state index is 7.12. The van der Waals surface area contributed by atoms with Crippen LogP contribution in [0.2, 0.25) is 0 Å². The Morgan fingerprint density at radius 2 is 0.917 bits per heavy atom. The van der Waals surface area contributed by atoms with Gasteiger partial charge in [-0.2, -0.15) is 0 Å². The molecule has 4 nitrogen and oxygen atoms in total. The lowest BCUT2D eigenvalue weighted by atomic mass is 9.95. The Hall–Kier alpha value is -8.08. The van der Waals surface area contributed by atoms with Gasteiger partial charge < -0.3 is 4.42 Å². The van der Waals surface area contributed by atoms with E-state index in [4.69, 9.17) is 14.4 Å². The molecule has 0 aliphatic heterocycles. The molecular weight excluding hydrogens is 731 g/mol. The molecule has 0 saturated carbocycles. The highest BCUT2D eigenvalue weighted by molar-refractivity contribution is 6.29. The van der Waals surface area contributed by atoms with E-state index in [0.29, 0.717) is 5.82 Å². The van der Waals surface area contributed by atoms with E-state index in [1.807, 2.05) is 36.4 Å². The van der Waals surface area contributed by atoms with Gasteiger partial charge in [0.2, 0.25) is 5.71 Å². The zero-order valence-corrected chi connectivity index (χ0v) is 32.5. The summed E-state index contributed by atoms with van der Waals surface area (Å²) in [6.07, 6.45) is 0. The maximum atomic E-state index is 7.12. The number of fused-ring (bicyclic) bond motifs is 8. The van der Waals surface area contributed by atoms with Crippen LogP contribution in [0, 0.1) is 0 Å². The molecule has 0 saturated heterocycles. The van der Waals surface area contributed by atoms with Crippen LogP contribution in [0.15, 0.2) is 217 Å². The fourth-order valence-electron chi connectivity index (χ4n) is 8.87. The number of para-hydroxylation sites is 1. The molecule has 0 aliphatic rings. The summed E-state index contributed by atoms with van der Waals surface area (Å²) in [6.45, 7) is 0. The van der Waals surface area contributed by atoms with Gasteiger partial charge in [0.15, 0.2) is 5.82 Å². The maximum Gasteiger partial charge on any atom is 0.213 e. The van der Waals surface area contributed by atoms with Crippen molar-refractivity contribution < 1.29 is 4.42 Å². The van der Waals surface area contributed by atoms with Gasteiger partial charge in [-0.25, -0.2) is 9.97 Å². The number of furan rings is 1. The van der Waals surface area contributed by atoms with Crippen molar-refractivity contribution >= 4 is 54.5 Å². The molecule has 0 radical (unpaired) electrons. The highest BCUT2D eigenvalue weighted by Gasteiger charge is 2.23. The average molecular weight is 766 g/mol. The monoisotopic (exact) mass is 765 g/mol. The minimum Gasteiger partial charge on any atom is -0.438 e. The first-order chi connectivity index (χ1) is 29.7. The first-order valence-corrected chi connectivity index (χ1v) is 20.3. The van der Waals surface area contributed by atoms with Crippen LogP contribution in [0.1, 0.15) is 0 Å². The van der Waals surface area contributed by atoms with Crippen molar-refractivity contribution in [2.75, 3.05) is 0 Å². The second-order valence-corrected chi connectivity index (χ2v) is 15.4. The third kappa shape index (κ3) is 5.61. The first-order valence-electron chi connectivity index (χ1n) is 20.3. The fourth-order valence-corrected chi connectivity index (χ4v) is 8.87. The molecule has 0 fully saturated rings. The van der Waals surface area contributed by atoms with Crippen molar-refractivity contribution in [3.8, 4) is 61.8 Å². The van der Waals surface area contributed by atoms with Crippen LogP contribution in [0.5, 0.6) is 0 Å². The van der Waals surface area contributed by atoms with E-state index in [1.165, 1.54) is 26.9 Å². The smallest absolute Gasteiger partial charge is 0.213 e. The number of hydrogen-bond acceptors (Lipinski definition) is 3. The Bertz CT molecular complexity index is 3510. The largest absolute Gasteiger partial charge is 0.438 e. The second kappa shape index (κ2) is 13.8. The molecule has 9 aromatic carbocycles. The first kappa shape index (κ1) is 34.0. The summed E-state index contributed by atoms with van der Waals surface area (Å²) in [7, 11) is 0. The second-order valence-electron chi connectivity index (χ2n) is 15.4.